The van der Waals surface area contributed by atoms with Gasteiger partial charge in [-0.2, -0.15) is 0 Å². The molecule has 6 heteroatoms. The van der Waals surface area contributed by atoms with Crippen LogP contribution in [0.5, 0.6) is 0 Å². The molecule has 1 heterocycles. The van der Waals surface area contributed by atoms with Gasteiger partial charge in [-0.25, -0.2) is 0 Å². The van der Waals surface area contributed by atoms with Gasteiger partial charge < -0.3 is 10.2 Å². The highest BCUT2D eigenvalue weighted by molar-refractivity contribution is 5.92. The maximum absolute atomic E-state index is 11.8. The third-order valence-electron chi connectivity index (χ3n) is 3.57. The zero-order chi connectivity index (χ0) is 15.2. The number of likely N-dealkylation sites (tertiary alicyclic amines) is 1. The van der Waals surface area contributed by atoms with E-state index in [0.29, 0.717) is 5.56 Å². The summed E-state index contributed by atoms with van der Waals surface area (Å²) in [5.41, 5.74) is 0.663. The number of non-ortho nitro benzene ring substituents is 1. The summed E-state index contributed by atoms with van der Waals surface area (Å²) in [6.07, 6.45) is 4.93. The molecule has 21 heavy (non-hydrogen) atoms. The molecule has 0 atom stereocenters. The van der Waals surface area contributed by atoms with Crippen LogP contribution in [0.2, 0.25) is 0 Å². The highest BCUT2D eigenvalue weighted by Crippen LogP contribution is 2.14. The molecule has 1 aromatic carbocycles. The lowest BCUT2D eigenvalue weighted by molar-refractivity contribution is -0.384. The smallest absolute Gasteiger partial charge is 0.270 e. The first-order chi connectivity index (χ1) is 10.0. The molecule has 1 N–H and O–H groups in total. The van der Waals surface area contributed by atoms with Crippen molar-refractivity contribution < 1.29 is 9.72 Å². The summed E-state index contributed by atoms with van der Waals surface area (Å²) >= 11 is 0. The number of nitro groups is 1. The van der Waals surface area contributed by atoms with E-state index >= 15 is 0 Å². The van der Waals surface area contributed by atoms with Gasteiger partial charge in [0.1, 0.15) is 0 Å². The van der Waals surface area contributed by atoms with Crippen molar-refractivity contribution in [3.05, 3.63) is 46.0 Å². The molecule has 1 aromatic rings. The predicted molar refractivity (Wildman–Crippen MR) is 80.8 cm³/mol. The van der Waals surface area contributed by atoms with Gasteiger partial charge in [-0.1, -0.05) is 12.1 Å². The first kappa shape index (κ1) is 15.2. The number of carbonyl (C=O) groups is 1. The van der Waals surface area contributed by atoms with E-state index in [2.05, 4.69) is 17.3 Å². The van der Waals surface area contributed by atoms with Gasteiger partial charge >= 0.3 is 0 Å². The Balaban J connectivity index is 1.90. The van der Waals surface area contributed by atoms with Crippen LogP contribution < -0.4 is 5.32 Å². The highest BCUT2D eigenvalue weighted by atomic mass is 16.6. The van der Waals surface area contributed by atoms with Crippen LogP contribution >= 0.6 is 0 Å². The van der Waals surface area contributed by atoms with Gasteiger partial charge in [0.15, 0.2) is 0 Å². The van der Waals surface area contributed by atoms with Crippen molar-refractivity contribution >= 4 is 17.7 Å². The lowest BCUT2D eigenvalue weighted by Crippen LogP contribution is -2.42. The van der Waals surface area contributed by atoms with Gasteiger partial charge in [0.05, 0.1) is 4.92 Å². The molecule has 2 rings (SSSR count). The largest absolute Gasteiger partial charge is 0.350 e. The van der Waals surface area contributed by atoms with Crippen molar-refractivity contribution in [3.63, 3.8) is 0 Å². The number of carbonyl (C=O) groups excluding carboxylic acids is 1. The molecule has 0 aliphatic carbocycles. The maximum Gasteiger partial charge on any atom is 0.270 e. The van der Waals surface area contributed by atoms with Crippen LogP contribution in [-0.2, 0) is 4.79 Å². The SMILES string of the molecule is CN1CCC(NC(=O)/C=C/c2cccc([N+](=O)[O-])c2)CC1. The van der Waals surface area contributed by atoms with E-state index < -0.39 is 4.92 Å². The topological polar surface area (TPSA) is 75.5 Å². The molecule has 0 aromatic heterocycles. The Kier molecular flexibility index (Phi) is 5.05. The van der Waals surface area contributed by atoms with E-state index in [-0.39, 0.29) is 17.6 Å². The average Bonchev–Trinajstić information content (AvgIpc) is 2.48. The first-order valence-electron chi connectivity index (χ1n) is 6.96. The second kappa shape index (κ2) is 6.99. The minimum Gasteiger partial charge on any atom is -0.350 e. The van der Waals surface area contributed by atoms with E-state index in [1.165, 1.54) is 18.2 Å². The van der Waals surface area contributed by atoms with Crippen molar-refractivity contribution in [3.8, 4) is 0 Å². The molecule has 6 nitrogen and oxygen atoms in total. The summed E-state index contributed by atoms with van der Waals surface area (Å²) in [7, 11) is 2.07. The number of hydrogen-bond acceptors (Lipinski definition) is 4. The van der Waals surface area contributed by atoms with Crippen molar-refractivity contribution in [1.82, 2.24) is 10.2 Å². The standard InChI is InChI=1S/C15H19N3O3/c1-17-9-7-13(8-10-17)16-15(19)6-5-12-3-2-4-14(11-12)18(20)21/h2-6,11,13H,7-10H2,1H3,(H,16,19)/b6-5+. The summed E-state index contributed by atoms with van der Waals surface area (Å²) in [5, 5.41) is 13.6. The molecule has 1 amide bonds. The number of rotatable bonds is 4. The zero-order valence-electron chi connectivity index (χ0n) is 12.0. The van der Waals surface area contributed by atoms with Crippen molar-refractivity contribution in [2.75, 3.05) is 20.1 Å². The van der Waals surface area contributed by atoms with E-state index in [4.69, 9.17) is 0 Å². The predicted octanol–water partition coefficient (Wildman–Crippen LogP) is 1.82. The second-order valence-corrected chi connectivity index (χ2v) is 5.27. The number of piperidine rings is 1. The lowest BCUT2D eigenvalue weighted by atomic mass is 10.1. The number of nitrogens with zero attached hydrogens (tertiary/aromatic N) is 2. The number of benzene rings is 1. The lowest BCUT2D eigenvalue weighted by Gasteiger charge is -2.29. The van der Waals surface area contributed by atoms with E-state index in [0.717, 1.165) is 25.9 Å². The van der Waals surface area contributed by atoms with Crippen LogP contribution in [0.1, 0.15) is 18.4 Å². The molecule has 0 radical (unpaired) electrons. The molecule has 1 saturated heterocycles. The Bertz CT molecular complexity index is 549. The van der Waals surface area contributed by atoms with Gasteiger partial charge in [0.25, 0.3) is 5.69 Å². The molecule has 0 unspecified atom stereocenters. The summed E-state index contributed by atoms with van der Waals surface area (Å²) in [5.74, 6) is -0.156. The van der Waals surface area contributed by atoms with Crippen LogP contribution in [0, 0.1) is 10.1 Å². The fraction of sp³-hybridized carbons (Fsp3) is 0.400. The second-order valence-electron chi connectivity index (χ2n) is 5.27. The van der Waals surface area contributed by atoms with Crippen molar-refractivity contribution in [2.45, 2.75) is 18.9 Å². The van der Waals surface area contributed by atoms with Gasteiger partial charge in [0.2, 0.25) is 5.91 Å². The van der Waals surface area contributed by atoms with Gasteiger partial charge in [-0.3, -0.25) is 14.9 Å². The summed E-state index contributed by atoms with van der Waals surface area (Å²) in [4.78, 5) is 24.3. The Morgan fingerprint density at radius 3 is 2.81 bits per heavy atom. The maximum atomic E-state index is 11.8. The molecule has 112 valence electrons. The summed E-state index contributed by atoms with van der Waals surface area (Å²) < 4.78 is 0. The molecule has 0 saturated carbocycles. The molecule has 1 aliphatic rings. The van der Waals surface area contributed by atoms with Crippen LogP contribution in [0.15, 0.2) is 30.3 Å². The molecule has 0 bridgehead atoms. The Morgan fingerprint density at radius 2 is 2.14 bits per heavy atom. The zero-order valence-corrected chi connectivity index (χ0v) is 12.0. The third kappa shape index (κ3) is 4.68. The fourth-order valence-electron chi connectivity index (χ4n) is 2.32. The quantitative estimate of drug-likeness (QED) is 0.521. The van der Waals surface area contributed by atoms with E-state index in [9.17, 15) is 14.9 Å². The Hall–Kier alpha value is -2.21. The van der Waals surface area contributed by atoms with E-state index in [1.807, 2.05) is 0 Å². The summed E-state index contributed by atoms with van der Waals surface area (Å²) in [6.45, 7) is 1.97. The fourth-order valence-corrected chi connectivity index (χ4v) is 2.32. The monoisotopic (exact) mass is 289 g/mol. The first-order valence-corrected chi connectivity index (χ1v) is 6.96. The minimum atomic E-state index is -0.448. The molecule has 1 fully saturated rings. The normalized spacial score (nSPS) is 17.0. The average molecular weight is 289 g/mol. The molecular formula is C15H19N3O3. The third-order valence-corrected chi connectivity index (χ3v) is 3.57. The van der Waals surface area contributed by atoms with Gasteiger partial charge in [-0.05, 0) is 44.6 Å². The molecular weight excluding hydrogens is 270 g/mol. The molecule has 0 spiro atoms. The highest BCUT2D eigenvalue weighted by Gasteiger charge is 2.17. The van der Waals surface area contributed by atoms with Crippen LogP contribution in [0.4, 0.5) is 5.69 Å². The van der Waals surface area contributed by atoms with Gasteiger partial charge in [-0.15, -0.1) is 0 Å². The van der Waals surface area contributed by atoms with Gasteiger partial charge in [0, 0.05) is 24.3 Å². The van der Waals surface area contributed by atoms with Crippen LogP contribution in [0.3, 0.4) is 0 Å². The summed E-state index contributed by atoms with van der Waals surface area (Å²) in [6, 6.07) is 6.41. The van der Waals surface area contributed by atoms with E-state index in [1.54, 1.807) is 18.2 Å². The minimum absolute atomic E-state index is 0.0212. The van der Waals surface area contributed by atoms with Crippen molar-refractivity contribution in [2.24, 2.45) is 0 Å². The number of nitrogens with one attached hydrogen (secondary N) is 1. The van der Waals surface area contributed by atoms with Crippen molar-refractivity contribution in [1.29, 1.82) is 0 Å². The Labute approximate surface area is 123 Å². The Morgan fingerprint density at radius 1 is 1.43 bits per heavy atom. The number of hydrogen-bond donors (Lipinski definition) is 1. The molecule has 1 aliphatic heterocycles. The number of nitro benzene ring substituents is 1. The number of amides is 1. The van der Waals surface area contributed by atoms with Crippen LogP contribution in [-0.4, -0.2) is 41.9 Å². The van der Waals surface area contributed by atoms with Crippen LogP contribution in [0.25, 0.3) is 6.08 Å².